The predicted octanol–water partition coefficient (Wildman–Crippen LogP) is 5.27. The standard InChI is InChI=1S/C21H23BrN4O2S/c1-3-5-20-24-25-21(29-14-15-6-9-17(22)10-7-15)26(20)23-13-16-8-11-18(27)19(12-16)28-4-2/h6-13,27H,3-5,14H2,1-2H3/b23-13+. The summed E-state index contributed by atoms with van der Waals surface area (Å²) < 4.78 is 8.30. The van der Waals surface area contributed by atoms with Gasteiger partial charge in [-0.2, -0.15) is 9.78 Å². The van der Waals surface area contributed by atoms with E-state index in [4.69, 9.17) is 4.74 Å². The molecular weight excluding hydrogens is 452 g/mol. The maximum Gasteiger partial charge on any atom is 0.212 e. The van der Waals surface area contributed by atoms with Gasteiger partial charge in [0.1, 0.15) is 0 Å². The Hall–Kier alpha value is -2.32. The number of benzene rings is 2. The zero-order valence-corrected chi connectivity index (χ0v) is 18.8. The lowest BCUT2D eigenvalue weighted by atomic mass is 10.2. The van der Waals surface area contributed by atoms with Crippen LogP contribution in [-0.2, 0) is 12.2 Å². The molecule has 0 bridgehead atoms. The van der Waals surface area contributed by atoms with Crippen LogP contribution in [-0.4, -0.2) is 32.8 Å². The fourth-order valence-electron chi connectivity index (χ4n) is 2.62. The Morgan fingerprint density at radius 2 is 1.97 bits per heavy atom. The molecule has 6 nitrogen and oxygen atoms in total. The number of rotatable bonds is 9. The minimum Gasteiger partial charge on any atom is -0.504 e. The van der Waals surface area contributed by atoms with Gasteiger partial charge in [0, 0.05) is 16.6 Å². The lowest BCUT2D eigenvalue weighted by Gasteiger charge is -2.07. The Morgan fingerprint density at radius 1 is 1.17 bits per heavy atom. The molecule has 1 N–H and O–H groups in total. The molecule has 0 atom stereocenters. The third-order valence-electron chi connectivity index (χ3n) is 4.04. The van der Waals surface area contributed by atoms with Crippen LogP contribution in [0.1, 0.15) is 37.2 Å². The Balaban J connectivity index is 1.81. The van der Waals surface area contributed by atoms with Crippen molar-refractivity contribution in [1.29, 1.82) is 0 Å². The molecule has 3 rings (SSSR count). The molecule has 0 radical (unpaired) electrons. The highest BCUT2D eigenvalue weighted by Gasteiger charge is 2.12. The minimum atomic E-state index is 0.116. The van der Waals surface area contributed by atoms with Crippen LogP contribution in [0.2, 0.25) is 0 Å². The average Bonchev–Trinajstić information content (AvgIpc) is 3.10. The minimum absolute atomic E-state index is 0.116. The number of ether oxygens (including phenoxy) is 1. The first-order valence-corrected chi connectivity index (χ1v) is 11.2. The topological polar surface area (TPSA) is 72.5 Å². The van der Waals surface area contributed by atoms with Gasteiger partial charge in [0.15, 0.2) is 17.3 Å². The van der Waals surface area contributed by atoms with E-state index in [1.54, 1.807) is 40.9 Å². The van der Waals surface area contributed by atoms with Crippen LogP contribution in [0, 0.1) is 0 Å². The van der Waals surface area contributed by atoms with Crippen LogP contribution in [0.4, 0.5) is 0 Å². The van der Waals surface area contributed by atoms with Gasteiger partial charge in [-0.25, -0.2) is 0 Å². The first-order valence-electron chi connectivity index (χ1n) is 9.42. The van der Waals surface area contributed by atoms with Gasteiger partial charge in [0.05, 0.1) is 12.8 Å². The molecule has 1 aromatic heterocycles. The fourth-order valence-corrected chi connectivity index (χ4v) is 3.74. The third-order valence-corrected chi connectivity index (χ3v) is 5.56. The molecule has 29 heavy (non-hydrogen) atoms. The third kappa shape index (κ3) is 5.83. The lowest BCUT2D eigenvalue weighted by molar-refractivity contribution is 0.318. The number of thioether (sulfide) groups is 1. The van der Waals surface area contributed by atoms with E-state index in [1.165, 1.54) is 5.56 Å². The van der Waals surface area contributed by atoms with Gasteiger partial charge in [-0.3, -0.25) is 0 Å². The molecule has 0 aliphatic heterocycles. The van der Waals surface area contributed by atoms with Gasteiger partial charge >= 0.3 is 0 Å². The number of aromatic hydroxyl groups is 1. The van der Waals surface area contributed by atoms with Crippen molar-refractivity contribution < 1.29 is 9.84 Å². The molecule has 2 aromatic carbocycles. The summed E-state index contributed by atoms with van der Waals surface area (Å²) in [6, 6.07) is 13.4. The number of hydrogen-bond donors (Lipinski definition) is 1. The second kappa shape index (κ2) is 10.5. The van der Waals surface area contributed by atoms with Crippen LogP contribution in [0.15, 0.2) is 57.2 Å². The van der Waals surface area contributed by atoms with Gasteiger partial charge in [-0.05, 0) is 54.8 Å². The van der Waals surface area contributed by atoms with Crippen molar-refractivity contribution >= 4 is 33.9 Å². The van der Waals surface area contributed by atoms with E-state index in [0.717, 1.165) is 39.6 Å². The van der Waals surface area contributed by atoms with Crippen LogP contribution in [0.25, 0.3) is 0 Å². The van der Waals surface area contributed by atoms with Crippen molar-refractivity contribution in [3.63, 3.8) is 0 Å². The Labute approximate surface area is 183 Å². The highest BCUT2D eigenvalue weighted by atomic mass is 79.9. The number of phenolic OH excluding ortho intramolecular Hbond substituents is 1. The summed E-state index contributed by atoms with van der Waals surface area (Å²) >= 11 is 5.06. The molecule has 1 heterocycles. The molecule has 0 saturated carbocycles. The molecule has 0 aliphatic rings. The Morgan fingerprint density at radius 3 is 2.69 bits per heavy atom. The Kier molecular flexibility index (Phi) is 7.71. The van der Waals surface area contributed by atoms with Gasteiger partial charge in [0.25, 0.3) is 0 Å². The largest absolute Gasteiger partial charge is 0.504 e. The fraction of sp³-hybridized carbons (Fsp3) is 0.286. The molecule has 0 unspecified atom stereocenters. The number of aromatic nitrogens is 3. The quantitative estimate of drug-likeness (QED) is 0.337. The first kappa shape index (κ1) is 21.4. The van der Waals surface area contributed by atoms with Crippen LogP contribution in [0.3, 0.4) is 0 Å². The smallest absolute Gasteiger partial charge is 0.212 e. The normalized spacial score (nSPS) is 11.3. The lowest BCUT2D eigenvalue weighted by Crippen LogP contribution is -2.00. The zero-order valence-electron chi connectivity index (χ0n) is 16.4. The number of nitrogens with zero attached hydrogens (tertiary/aromatic N) is 4. The summed E-state index contributed by atoms with van der Waals surface area (Å²) in [5.41, 5.74) is 2.03. The summed E-state index contributed by atoms with van der Waals surface area (Å²) in [5, 5.41) is 23.9. The monoisotopic (exact) mass is 474 g/mol. The summed E-state index contributed by atoms with van der Waals surface area (Å²) in [5.74, 6) is 2.16. The number of hydrogen-bond acceptors (Lipinski definition) is 6. The molecule has 0 amide bonds. The van der Waals surface area contributed by atoms with Gasteiger partial charge < -0.3 is 9.84 Å². The van der Waals surface area contributed by atoms with Gasteiger partial charge in [-0.15, -0.1) is 10.2 Å². The predicted molar refractivity (Wildman–Crippen MR) is 120 cm³/mol. The van der Waals surface area contributed by atoms with E-state index in [9.17, 15) is 5.11 Å². The number of phenols is 1. The van der Waals surface area contributed by atoms with Crippen LogP contribution >= 0.6 is 27.7 Å². The highest BCUT2D eigenvalue weighted by Crippen LogP contribution is 2.27. The van der Waals surface area contributed by atoms with E-state index in [1.807, 2.05) is 19.1 Å². The van der Waals surface area contributed by atoms with E-state index < -0.39 is 0 Å². The van der Waals surface area contributed by atoms with Crippen LogP contribution in [0.5, 0.6) is 11.5 Å². The molecule has 0 fully saturated rings. The van der Waals surface area contributed by atoms with E-state index in [-0.39, 0.29) is 5.75 Å². The van der Waals surface area contributed by atoms with Crippen LogP contribution < -0.4 is 4.74 Å². The van der Waals surface area contributed by atoms with Crippen molar-refractivity contribution in [3.8, 4) is 11.5 Å². The van der Waals surface area contributed by atoms with Crippen molar-refractivity contribution in [3.05, 3.63) is 63.9 Å². The van der Waals surface area contributed by atoms with Crippen molar-refractivity contribution in [2.45, 2.75) is 37.6 Å². The van der Waals surface area contributed by atoms with E-state index in [2.05, 4.69) is 50.3 Å². The highest BCUT2D eigenvalue weighted by molar-refractivity contribution is 9.10. The first-order chi connectivity index (χ1) is 14.1. The summed E-state index contributed by atoms with van der Waals surface area (Å²) in [4.78, 5) is 0. The van der Waals surface area contributed by atoms with E-state index in [0.29, 0.717) is 12.4 Å². The summed E-state index contributed by atoms with van der Waals surface area (Å²) in [6.45, 7) is 4.46. The second-order valence-electron chi connectivity index (χ2n) is 6.28. The SMILES string of the molecule is CCCc1nnc(SCc2ccc(Br)cc2)n1/N=C/c1ccc(O)c(OCC)c1. The second-order valence-corrected chi connectivity index (χ2v) is 8.14. The van der Waals surface area contributed by atoms with Crippen molar-refractivity contribution in [2.24, 2.45) is 5.10 Å². The molecule has 8 heteroatoms. The molecular formula is C21H23BrN4O2S. The molecule has 3 aromatic rings. The maximum absolute atomic E-state index is 9.87. The molecule has 0 aliphatic carbocycles. The zero-order chi connectivity index (χ0) is 20.6. The molecule has 152 valence electrons. The van der Waals surface area contributed by atoms with Crippen molar-refractivity contribution in [2.75, 3.05) is 6.61 Å². The molecule has 0 spiro atoms. The number of aryl methyl sites for hydroxylation is 1. The average molecular weight is 475 g/mol. The molecule has 0 saturated heterocycles. The maximum atomic E-state index is 9.87. The van der Waals surface area contributed by atoms with Crippen molar-refractivity contribution in [1.82, 2.24) is 14.9 Å². The Bertz CT molecular complexity index is 973. The summed E-state index contributed by atoms with van der Waals surface area (Å²) in [6.07, 6.45) is 3.48. The number of halogens is 1. The van der Waals surface area contributed by atoms with Gasteiger partial charge in [0.2, 0.25) is 5.16 Å². The van der Waals surface area contributed by atoms with E-state index >= 15 is 0 Å². The van der Waals surface area contributed by atoms with Gasteiger partial charge in [-0.1, -0.05) is 46.7 Å². The summed E-state index contributed by atoms with van der Waals surface area (Å²) in [7, 11) is 0.